The van der Waals surface area contributed by atoms with Crippen LogP contribution in [0.4, 0.5) is 4.39 Å². The van der Waals surface area contributed by atoms with Gasteiger partial charge in [0.15, 0.2) is 0 Å². The molecule has 0 bridgehead atoms. The van der Waals surface area contributed by atoms with Gasteiger partial charge in [0.05, 0.1) is 18.2 Å². The van der Waals surface area contributed by atoms with Crippen LogP contribution in [0.5, 0.6) is 0 Å². The van der Waals surface area contributed by atoms with Crippen molar-refractivity contribution in [1.82, 2.24) is 4.90 Å². The van der Waals surface area contributed by atoms with Gasteiger partial charge in [0.1, 0.15) is 5.82 Å². The van der Waals surface area contributed by atoms with Gasteiger partial charge in [-0.15, -0.1) is 0 Å². The molecule has 4 nitrogen and oxygen atoms in total. The summed E-state index contributed by atoms with van der Waals surface area (Å²) >= 11 is 0. The number of rotatable bonds is 2. The number of nitrogens with zero attached hydrogens (tertiary/aromatic N) is 2. The van der Waals surface area contributed by atoms with Crippen molar-refractivity contribution in [3.8, 4) is 6.07 Å². The van der Waals surface area contributed by atoms with Crippen LogP contribution in [-0.2, 0) is 16.1 Å². The summed E-state index contributed by atoms with van der Waals surface area (Å²) in [6.07, 6.45) is 2.03. The first-order valence-corrected chi connectivity index (χ1v) is 6.13. The second-order valence-electron chi connectivity index (χ2n) is 4.50. The lowest BCUT2D eigenvalue weighted by atomic mass is 10.1. The van der Waals surface area contributed by atoms with Gasteiger partial charge in [0.25, 0.3) is 0 Å². The highest BCUT2D eigenvalue weighted by Crippen LogP contribution is 2.18. The number of halogens is 1. The van der Waals surface area contributed by atoms with E-state index in [0.717, 1.165) is 11.0 Å². The summed E-state index contributed by atoms with van der Waals surface area (Å²) < 4.78 is 13.7. The van der Waals surface area contributed by atoms with E-state index in [1.807, 2.05) is 6.07 Å². The Morgan fingerprint density at radius 1 is 1.21 bits per heavy atom. The number of carbonyl (C=O) groups excluding carboxylic acids is 2. The quantitative estimate of drug-likeness (QED) is 0.765. The summed E-state index contributed by atoms with van der Waals surface area (Å²) in [6, 6.07) is 5.87. The van der Waals surface area contributed by atoms with Gasteiger partial charge in [-0.3, -0.25) is 14.5 Å². The Morgan fingerprint density at radius 3 is 2.37 bits per heavy atom. The molecule has 5 heteroatoms. The Labute approximate surface area is 110 Å². The van der Waals surface area contributed by atoms with Crippen molar-refractivity contribution >= 4 is 11.8 Å². The zero-order chi connectivity index (χ0) is 13.8. The Bertz CT molecular complexity index is 545. The monoisotopic (exact) mass is 260 g/mol. The topological polar surface area (TPSA) is 61.2 Å². The molecule has 1 heterocycles. The first kappa shape index (κ1) is 13.2. The van der Waals surface area contributed by atoms with Crippen LogP contribution in [0.1, 0.15) is 36.8 Å². The molecule has 0 atom stereocenters. The molecule has 0 unspecified atom stereocenters. The number of nitriles is 1. The molecule has 2 amide bonds. The maximum atomic E-state index is 13.7. The molecule has 1 fully saturated rings. The highest BCUT2D eigenvalue weighted by molar-refractivity contribution is 5.95. The number of amides is 2. The molecule has 0 saturated carbocycles. The molecule has 0 aliphatic carbocycles. The van der Waals surface area contributed by atoms with E-state index < -0.39 is 5.82 Å². The molecular formula is C14H13FN2O2. The zero-order valence-electron chi connectivity index (χ0n) is 10.4. The van der Waals surface area contributed by atoms with Crippen molar-refractivity contribution in [2.24, 2.45) is 0 Å². The van der Waals surface area contributed by atoms with E-state index in [-0.39, 0.29) is 29.5 Å². The summed E-state index contributed by atoms with van der Waals surface area (Å²) in [7, 11) is 0. The molecule has 0 spiro atoms. The van der Waals surface area contributed by atoms with Crippen LogP contribution in [0, 0.1) is 17.1 Å². The van der Waals surface area contributed by atoms with E-state index in [1.54, 1.807) is 0 Å². The van der Waals surface area contributed by atoms with Crippen molar-refractivity contribution in [3.63, 3.8) is 0 Å². The van der Waals surface area contributed by atoms with Gasteiger partial charge < -0.3 is 0 Å². The fourth-order valence-electron chi connectivity index (χ4n) is 2.05. The Kier molecular flexibility index (Phi) is 3.91. The number of hydrogen-bond acceptors (Lipinski definition) is 3. The first-order chi connectivity index (χ1) is 9.11. The average Bonchev–Trinajstić information content (AvgIpc) is 2.55. The van der Waals surface area contributed by atoms with Crippen molar-refractivity contribution in [3.05, 3.63) is 35.1 Å². The van der Waals surface area contributed by atoms with Crippen molar-refractivity contribution < 1.29 is 14.0 Å². The normalized spacial score (nSPS) is 16.1. The lowest BCUT2D eigenvalue weighted by molar-refractivity contribution is -0.144. The fourth-order valence-corrected chi connectivity index (χ4v) is 2.05. The molecule has 2 rings (SSSR count). The van der Waals surface area contributed by atoms with E-state index in [9.17, 15) is 14.0 Å². The number of imide groups is 1. The van der Waals surface area contributed by atoms with Crippen LogP contribution >= 0.6 is 0 Å². The predicted molar refractivity (Wildman–Crippen MR) is 65.1 cm³/mol. The third kappa shape index (κ3) is 2.97. The summed E-state index contributed by atoms with van der Waals surface area (Å²) in [5.41, 5.74) is 0.470. The van der Waals surface area contributed by atoms with Crippen LogP contribution in [0.25, 0.3) is 0 Å². The standard InChI is InChI=1S/C14H13FN2O2/c15-12-7-10(8-16)5-6-11(12)9-17-13(18)3-1-2-4-14(17)19/h5-7H,1-4,9H2. The van der Waals surface area contributed by atoms with Crippen LogP contribution in [0.3, 0.4) is 0 Å². The molecule has 0 aromatic heterocycles. The largest absolute Gasteiger partial charge is 0.278 e. The Morgan fingerprint density at radius 2 is 1.84 bits per heavy atom. The minimum atomic E-state index is -0.566. The highest BCUT2D eigenvalue weighted by Gasteiger charge is 2.24. The van der Waals surface area contributed by atoms with Gasteiger partial charge in [-0.25, -0.2) is 4.39 Å². The van der Waals surface area contributed by atoms with E-state index >= 15 is 0 Å². The lowest BCUT2D eigenvalue weighted by Crippen LogP contribution is -2.34. The van der Waals surface area contributed by atoms with Crippen LogP contribution in [-0.4, -0.2) is 16.7 Å². The molecule has 0 N–H and O–H groups in total. The maximum Gasteiger partial charge on any atom is 0.229 e. The van der Waals surface area contributed by atoms with E-state index in [2.05, 4.69) is 0 Å². The molecule has 19 heavy (non-hydrogen) atoms. The van der Waals surface area contributed by atoms with Gasteiger partial charge in [-0.1, -0.05) is 6.07 Å². The minimum Gasteiger partial charge on any atom is -0.278 e. The van der Waals surface area contributed by atoms with E-state index in [1.165, 1.54) is 12.1 Å². The van der Waals surface area contributed by atoms with E-state index in [0.29, 0.717) is 25.7 Å². The third-order valence-electron chi connectivity index (χ3n) is 3.14. The number of carbonyl (C=O) groups is 2. The Balaban J connectivity index is 2.22. The lowest BCUT2D eigenvalue weighted by Gasteiger charge is -2.19. The molecular weight excluding hydrogens is 247 g/mol. The van der Waals surface area contributed by atoms with Crippen molar-refractivity contribution in [2.45, 2.75) is 32.2 Å². The smallest absolute Gasteiger partial charge is 0.229 e. The Hall–Kier alpha value is -2.22. The number of likely N-dealkylation sites (tertiary alicyclic amines) is 1. The van der Waals surface area contributed by atoms with Gasteiger partial charge in [0, 0.05) is 18.4 Å². The number of hydrogen-bond donors (Lipinski definition) is 0. The maximum absolute atomic E-state index is 13.7. The van der Waals surface area contributed by atoms with Crippen molar-refractivity contribution in [1.29, 1.82) is 5.26 Å². The number of benzene rings is 1. The predicted octanol–water partition coefficient (Wildman–Crippen LogP) is 2.13. The molecule has 1 aromatic rings. The highest BCUT2D eigenvalue weighted by atomic mass is 19.1. The summed E-state index contributed by atoms with van der Waals surface area (Å²) in [6.45, 7) is -0.0603. The van der Waals surface area contributed by atoms with Crippen LogP contribution in [0.15, 0.2) is 18.2 Å². The van der Waals surface area contributed by atoms with Gasteiger partial charge in [0.2, 0.25) is 11.8 Å². The minimum absolute atomic E-state index is 0.0603. The molecule has 1 aromatic carbocycles. The average molecular weight is 260 g/mol. The third-order valence-corrected chi connectivity index (χ3v) is 3.14. The van der Waals surface area contributed by atoms with E-state index in [4.69, 9.17) is 5.26 Å². The summed E-state index contributed by atoms with van der Waals surface area (Å²) in [5.74, 6) is -1.08. The second-order valence-corrected chi connectivity index (χ2v) is 4.50. The molecule has 98 valence electrons. The molecule has 1 aliphatic rings. The summed E-state index contributed by atoms with van der Waals surface area (Å²) in [4.78, 5) is 24.7. The van der Waals surface area contributed by atoms with Gasteiger partial charge in [-0.2, -0.15) is 5.26 Å². The first-order valence-electron chi connectivity index (χ1n) is 6.13. The van der Waals surface area contributed by atoms with Crippen LogP contribution < -0.4 is 0 Å². The second kappa shape index (κ2) is 5.61. The molecule has 0 radical (unpaired) electrons. The summed E-state index contributed by atoms with van der Waals surface area (Å²) in [5, 5.41) is 8.66. The van der Waals surface area contributed by atoms with Crippen molar-refractivity contribution in [2.75, 3.05) is 0 Å². The SMILES string of the molecule is N#Cc1ccc(CN2C(=O)CCCCC2=O)c(F)c1. The van der Waals surface area contributed by atoms with Gasteiger partial charge >= 0.3 is 0 Å². The molecule has 1 aliphatic heterocycles. The molecule has 1 saturated heterocycles. The fraction of sp³-hybridized carbons (Fsp3) is 0.357. The zero-order valence-corrected chi connectivity index (χ0v) is 10.4. The van der Waals surface area contributed by atoms with Gasteiger partial charge in [-0.05, 0) is 25.0 Å². The van der Waals surface area contributed by atoms with Crippen LogP contribution in [0.2, 0.25) is 0 Å².